The number of aromatic amines is 1. The Balaban J connectivity index is 1.41. The molecule has 0 saturated carbocycles. The van der Waals surface area contributed by atoms with Gasteiger partial charge in [0.1, 0.15) is 17.0 Å². The zero-order valence-electron chi connectivity index (χ0n) is 18.9. The second kappa shape index (κ2) is 7.98. The first-order chi connectivity index (χ1) is 16.1. The number of hydrogen-bond donors (Lipinski definition) is 2. The molecule has 1 unspecified atom stereocenters. The zero-order chi connectivity index (χ0) is 22.5. The minimum absolute atomic E-state index is 0.0511. The van der Waals surface area contributed by atoms with Gasteiger partial charge >= 0.3 is 0 Å². The van der Waals surface area contributed by atoms with Crippen LogP contribution < -0.4 is 10.2 Å². The number of hydrogen-bond acceptors (Lipinski definition) is 7. The smallest absolute Gasteiger partial charge is 0.225 e. The number of H-pyrrole nitrogens is 1. The van der Waals surface area contributed by atoms with E-state index < -0.39 is 0 Å². The highest BCUT2D eigenvalue weighted by molar-refractivity contribution is 7.19. The Morgan fingerprint density at radius 3 is 2.91 bits per heavy atom. The van der Waals surface area contributed by atoms with Crippen LogP contribution in [0, 0.1) is 5.92 Å². The highest BCUT2D eigenvalue weighted by atomic mass is 32.1. The van der Waals surface area contributed by atoms with Crippen molar-refractivity contribution in [2.75, 3.05) is 37.4 Å². The first-order valence-corrected chi connectivity index (χ1v) is 12.4. The molecule has 1 aliphatic carbocycles. The van der Waals surface area contributed by atoms with Gasteiger partial charge in [-0.2, -0.15) is 5.10 Å². The summed E-state index contributed by atoms with van der Waals surface area (Å²) in [6.07, 6.45) is 8.45. The average Bonchev–Trinajstić information content (AvgIpc) is 3.56. The minimum atomic E-state index is 0.0511. The molecule has 4 aromatic rings. The van der Waals surface area contributed by atoms with Crippen LogP contribution in [0.1, 0.15) is 29.7 Å². The predicted molar refractivity (Wildman–Crippen MR) is 132 cm³/mol. The molecular formula is C24H27N7OS. The van der Waals surface area contributed by atoms with Gasteiger partial charge in [-0.15, -0.1) is 11.3 Å². The molecule has 33 heavy (non-hydrogen) atoms. The third-order valence-corrected chi connectivity index (χ3v) is 8.05. The molecule has 2 N–H and O–H groups in total. The lowest BCUT2D eigenvalue weighted by Gasteiger charge is -2.24. The molecule has 9 heteroatoms. The molecule has 1 atom stereocenters. The number of anilines is 3. The van der Waals surface area contributed by atoms with E-state index in [1.165, 1.54) is 29.0 Å². The maximum Gasteiger partial charge on any atom is 0.225 e. The van der Waals surface area contributed by atoms with E-state index in [-0.39, 0.29) is 11.8 Å². The van der Waals surface area contributed by atoms with Gasteiger partial charge in [0.05, 0.1) is 28.5 Å². The lowest BCUT2D eigenvalue weighted by atomic mass is 9.87. The van der Waals surface area contributed by atoms with E-state index in [9.17, 15) is 4.79 Å². The van der Waals surface area contributed by atoms with Crippen LogP contribution in [0.2, 0.25) is 0 Å². The molecule has 0 radical (unpaired) electrons. The van der Waals surface area contributed by atoms with Gasteiger partial charge in [-0.05, 0) is 49.8 Å². The van der Waals surface area contributed by atoms with E-state index in [0.717, 1.165) is 65.0 Å². The summed E-state index contributed by atoms with van der Waals surface area (Å²) in [5, 5.41) is 13.2. The molecule has 2 aliphatic rings. The van der Waals surface area contributed by atoms with Crippen LogP contribution >= 0.6 is 11.3 Å². The number of aryl methyl sites for hydroxylation is 1. The molecule has 3 aromatic heterocycles. The zero-order valence-corrected chi connectivity index (χ0v) is 19.7. The summed E-state index contributed by atoms with van der Waals surface area (Å²) < 4.78 is 0. The molecule has 8 nitrogen and oxygen atoms in total. The maximum atomic E-state index is 12.6. The van der Waals surface area contributed by atoms with Crippen molar-refractivity contribution in [1.29, 1.82) is 0 Å². The Morgan fingerprint density at radius 1 is 1.24 bits per heavy atom. The number of nitrogens with one attached hydrogen (secondary N) is 2. The van der Waals surface area contributed by atoms with Crippen molar-refractivity contribution in [2.24, 2.45) is 5.92 Å². The van der Waals surface area contributed by atoms with Crippen molar-refractivity contribution in [1.82, 2.24) is 25.1 Å². The lowest BCUT2D eigenvalue weighted by molar-refractivity contribution is -0.133. The summed E-state index contributed by atoms with van der Waals surface area (Å²) in [7, 11) is 3.68. The monoisotopic (exact) mass is 461 g/mol. The number of nitrogens with zero attached hydrogens (tertiary/aromatic N) is 5. The van der Waals surface area contributed by atoms with E-state index in [2.05, 4.69) is 42.5 Å². The highest BCUT2D eigenvalue weighted by Gasteiger charge is 2.30. The molecule has 4 heterocycles. The molecule has 1 aromatic carbocycles. The Hall–Kier alpha value is -3.20. The second-order valence-corrected chi connectivity index (χ2v) is 10.3. The summed E-state index contributed by atoms with van der Waals surface area (Å²) >= 11 is 1.70. The van der Waals surface area contributed by atoms with Crippen molar-refractivity contribution in [3.63, 3.8) is 0 Å². The SMILES string of the molecule is CN(C)C(=O)C1CCc2c(sc3ncnc(Nc4cc5cn[nH]c5cc4N4CCCC4)c23)C1. The van der Waals surface area contributed by atoms with Gasteiger partial charge in [0, 0.05) is 43.4 Å². The standard InChI is InChI=1S/C24H27N7OS/c1-30(2)24(32)14-5-6-16-20(10-14)33-23-21(16)22(25-13-26-23)28-18-9-15-12-27-29-17(15)11-19(18)31-7-3-4-8-31/h9,11-14H,3-8,10H2,1-2H3,(H,27,29)(H,25,26,28). The molecule has 1 aliphatic heterocycles. The number of fused-ring (bicyclic) bond motifs is 4. The Kier molecular flexibility index (Phi) is 4.94. The van der Waals surface area contributed by atoms with Gasteiger partial charge in [-0.25, -0.2) is 9.97 Å². The van der Waals surface area contributed by atoms with E-state index in [4.69, 9.17) is 0 Å². The summed E-state index contributed by atoms with van der Waals surface area (Å²) in [5.74, 6) is 1.11. The molecule has 170 valence electrons. The second-order valence-electron chi connectivity index (χ2n) is 9.22. The first kappa shape index (κ1) is 20.4. The van der Waals surface area contributed by atoms with Gasteiger partial charge in [0.2, 0.25) is 5.91 Å². The van der Waals surface area contributed by atoms with Crippen molar-refractivity contribution >= 4 is 55.6 Å². The summed E-state index contributed by atoms with van der Waals surface area (Å²) in [6.45, 7) is 2.12. The van der Waals surface area contributed by atoms with Gasteiger partial charge in [0.15, 0.2) is 0 Å². The first-order valence-electron chi connectivity index (χ1n) is 11.5. The molecule has 1 amide bonds. The molecule has 0 bridgehead atoms. The largest absolute Gasteiger partial charge is 0.370 e. The highest BCUT2D eigenvalue weighted by Crippen LogP contribution is 2.42. The van der Waals surface area contributed by atoms with E-state index >= 15 is 0 Å². The van der Waals surface area contributed by atoms with Crippen LogP contribution in [-0.2, 0) is 17.6 Å². The normalized spacial score (nSPS) is 18.1. The Bertz CT molecular complexity index is 1350. The van der Waals surface area contributed by atoms with Gasteiger partial charge in [0.25, 0.3) is 0 Å². The number of aromatic nitrogens is 4. The van der Waals surface area contributed by atoms with Crippen LogP contribution in [0.4, 0.5) is 17.2 Å². The minimum Gasteiger partial charge on any atom is -0.370 e. The molecular weight excluding hydrogens is 434 g/mol. The maximum absolute atomic E-state index is 12.6. The number of benzene rings is 1. The molecule has 1 saturated heterocycles. The Morgan fingerprint density at radius 2 is 2.09 bits per heavy atom. The Labute approximate surface area is 196 Å². The van der Waals surface area contributed by atoms with E-state index in [0.29, 0.717) is 0 Å². The number of thiophene rings is 1. The fourth-order valence-corrected chi connectivity index (χ4v) is 6.48. The lowest BCUT2D eigenvalue weighted by Crippen LogP contribution is -2.32. The van der Waals surface area contributed by atoms with Crippen molar-refractivity contribution < 1.29 is 4.79 Å². The van der Waals surface area contributed by atoms with Gasteiger partial charge in [-0.3, -0.25) is 9.89 Å². The number of carbonyl (C=O) groups excluding carboxylic acids is 1. The number of amides is 1. The van der Waals surface area contributed by atoms with Crippen LogP contribution in [0.15, 0.2) is 24.7 Å². The van der Waals surface area contributed by atoms with Gasteiger partial charge < -0.3 is 15.1 Å². The third-order valence-electron chi connectivity index (χ3n) is 6.89. The molecule has 1 fully saturated rings. The molecule has 0 spiro atoms. The van der Waals surface area contributed by atoms with Crippen LogP contribution in [0.3, 0.4) is 0 Å². The summed E-state index contributed by atoms with van der Waals surface area (Å²) in [5.41, 5.74) is 4.56. The topological polar surface area (TPSA) is 90.0 Å². The van der Waals surface area contributed by atoms with E-state index in [1.807, 2.05) is 20.3 Å². The summed E-state index contributed by atoms with van der Waals surface area (Å²) in [6, 6.07) is 4.35. The van der Waals surface area contributed by atoms with E-state index in [1.54, 1.807) is 22.6 Å². The average molecular weight is 462 g/mol. The summed E-state index contributed by atoms with van der Waals surface area (Å²) in [4.78, 5) is 28.2. The number of carbonyl (C=O) groups is 1. The van der Waals surface area contributed by atoms with Gasteiger partial charge in [-0.1, -0.05) is 0 Å². The molecule has 6 rings (SSSR count). The van der Waals surface area contributed by atoms with Crippen LogP contribution in [-0.4, -0.2) is 58.2 Å². The van der Waals surface area contributed by atoms with Crippen molar-refractivity contribution in [3.8, 4) is 0 Å². The third kappa shape index (κ3) is 3.51. The van der Waals surface area contributed by atoms with Crippen molar-refractivity contribution in [2.45, 2.75) is 32.1 Å². The van der Waals surface area contributed by atoms with Crippen molar-refractivity contribution in [3.05, 3.63) is 35.1 Å². The predicted octanol–water partition coefficient (Wildman–Crippen LogP) is 4.10. The van der Waals surface area contributed by atoms with Crippen LogP contribution in [0.5, 0.6) is 0 Å². The fourth-order valence-electron chi connectivity index (χ4n) is 5.21. The quantitative estimate of drug-likeness (QED) is 0.476. The fraction of sp³-hybridized carbons (Fsp3) is 0.417. The number of rotatable bonds is 4. The van der Waals surface area contributed by atoms with Crippen LogP contribution in [0.25, 0.3) is 21.1 Å².